The van der Waals surface area contributed by atoms with Gasteiger partial charge in [-0.25, -0.2) is 13.6 Å². The van der Waals surface area contributed by atoms with E-state index in [-0.39, 0.29) is 17.0 Å². The van der Waals surface area contributed by atoms with E-state index in [2.05, 4.69) is 0 Å². The first kappa shape index (κ1) is 12.4. The van der Waals surface area contributed by atoms with Gasteiger partial charge in [0.25, 0.3) is 6.43 Å². The zero-order valence-electron chi connectivity index (χ0n) is 7.88. The number of hydrogen-bond donors (Lipinski definition) is 1. The molecule has 0 unspecified atom stereocenters. The van der Waals surface area contributed by atoms with Crippen molar-refractivity contribution in [3.05, 3.63) is 34.4 Å². The Hall–Kier alpha value is -1.67. The summed E-state index contributed by atoms with van der Waals surface area (Å²) in [7, 11) is 0. The van der Waals surface area contributed by atoms with Gasteiger partial charge in [-0.05, 0) is 17.7 Å². The van der Waals surface area contributed by atoms with E-state index in [4.69, 9.17) is 22.0 Å². The number of rotatable bonds is 3. The third kappa shape index (κ3) is 2.28. The quantitative estimate of drug-likeness (QED) is 0.833. The number of carboxylic acid groups (broad SMARTS) is 1. The lowest BCUT2D eigenvalue weighted by Crippen LogP contribution is -2.04. The number of carbonyl (C=O) groups is 1. The standard InChI is InChI=1S/C10H6ClF2NO2/c11-3-5-1-6(4-14)8(10(15)16)2-7(5)9(12)13/h1-2,9H,3H2,(H,15,16). The predicted octanol–water partition coefficient (Wildman–Crippen LogP) is 2.93. The summed E-state index contributed by atoms with van der Waals surface area (Å²) in [5.74, 6) is -1.62. The Bertz CT molecular complexity index is 469. The minimum atomic E-state index is -2.82. The van der Waals surface area contributed by atoms with E-state index >= 15 is 0 Å². The molecule has 0 aliphatic carbocycles. The van der Waals surface area contributed by atoms with Gasteiger partial charge in [-0.2, -0.15) is 5.26 Å². The Morgan fingerprint density at radius 2 is 2.19 bits per heavy atom. The molecule has 16 heavy (non-hydrogen) atoms. The molecule has 1 N–H and O–H groups in total. The Morgan fingerprint density at radius 1 is 1.56 bits per heavy atom. The number of alkyl halides is 3. The molecular weight excluding hydrogens is 240 g/mol. The lowest BCUT2D eigenvalue weighted by Gasteiger charge is -2.08. The summed E-state index contributed by atoms with van der Waals surface area (Å²) in [6.45, 7) is 0. The van der Waals surface area contributed by atoms with Gasteiger partial charge in [-0.3, -0.25) is 0 Å². The molecule has 0 aliphatic heterocycles. The van der Waals surface area contributed by atoms with Crippen LogP contribution in [0.3, 0.4) is 0 Å². The number of carboxylic acids is 1. The first-order chi connectivity index (χ1) is 7.51. The van der Waals surface area contributed by atoms with E-state index in [1.807, 2.05) is 0 Å². The van der Waals surface area contributed by atoms with Crippen molar-refractivity contribution >= 4 is 17.6 Å². The summed E-state index contributed by atoms with van der Waals surface area (Å²) >= 11 is 5.45. The molecule has 0 spiro atoms. The molecule has 0 aliphatic rings. The fraction of sp³-hybridized carbons (Fsp3) is 0.200. The van der Waals surface area contributed by atoms with Gasteiger partial charge in [0.15, 0.2) is 0 Å². The van der Waals surface area contributed by atoms with Gasteiger partial charge in [-0.15, -0.1) is 11.6 Å². The SMILES string of the molecule is N#Cc1cc(CCl)c(C(F)F)cc1C(=O)O. The Balaban J connectivity index is 3.48. The molecule has 0 bridgehead atoms. The van der Waals surface area contributed by atoms with Crippen LogP contribution < -0.4 is 0 Å². The van der Waals surface area contributed by atoms with E-state index < -0.39 is 23.5 Å². The first-order valence-electron chi connectivity index (χ1n) is 4.15. The number of halogens is 3. The molecule has 0 saturated heterocycles. The van der Waals surface area contributed by atoms with Crippen LogP contribution in [0.15, 0.2) is 12.1 Å². The van der Waals surface area contributed by atoms with Gasteiger partial charge < -0.3 is 5.11 Å². The maximum absolute atomic E-state index is 12.6. The average Bonchev–Trinajstić information content (AvgIpc) is 2.26. The largest absolute Gasteiger partial charge is 0.478 e. The Morgan fingerprint density at radius 3 is 2.56 bits per heavy atom. The fourth-order valence-electron chi connectivity index (χ4n) is 1.25. The van der Waals surface area contributed by atoms with Gasteiger partial charge >= 0.3 is 5.97 Å². The van der Waals surface area contributed by atoms with Crippen LogP contribution in [0, 0.1) is 11.3 Å². The molecule has 0 saturated carbocycles. The monoisotopic (exact) mass is 245 g/mol. The summed E-state index contributed by atoms with van der Waals surface area (Å²) in [4.78, 5) is 10.7. The van der Waals surface area contributed by atoms with Gasteiger partial charge in [0.1, 0.15) is 6.07 Å². The van der Waals surface area contributed by atoms with Crippen molar-refractivity contribution < 1.29 is 18.7 Å². The lowest BCUT2D eigenvalue weighted by molar-refractivity contribution is 0.0696. The maximum Gasteiger partial charge on any atom is 0.337 e. The zero-order chi connectivity index (χ0) is 12.3. The van der Waals surface area contributed by atoms with Crippen molar-refractivity contribution in [3.8, 4) is 6.07 Å². The van der Waals surface area contributed by atoms with Crippen LogP contribution in [0.2, 0.25) is 0 Å². The normalized spacial score (nSPS) is 10.2. The van der Waals surface area contributed by atoms with Gasteiger partial charge in [0.05, 0.1) is 11.1 Å². The molecule has 0 aromatic heterocycles. The van der Waals surface area contributed by atoms with Crippen LogP contribution in [0.5, 0.6) is 0 Å². The van der Waals surface area contributed by atoms with E-state index in [1.165, 1.54) is 0 Å². The minimum Gasteiger partial charge on any atom is -0.478 e. The van der Waals surface area contributed by atoms with Crippen molar-refractivity contribution in [2.24, 2.45) is 0 Å². The van der Waals surface area contributed by atoms with Crippen LogP contribution in [0.1, 0.15) is 33.5 Å². The number of benzene rings is 1. The molecule has 6 heteroatoms. The first-order valence-corrected chi connectivity index (χ1v) is 4.69. The van der Waals surface area contributed by atoms with Gasteiger partial charge in [0, 0.05) is 11.4 Å². The highest BCUT2D eigenvalue weighted by molar-refractivity contribution is 6.17. The van der Waals surface area contributed by atoms with Crippen molar-refractivity contribution in [1.29, 1.82) is 5.26 Å². The highest BCUT2D eigenvalue weighted by Gasteiger charge is 2.19. The van der Waals surface area contributed by atoms with Crippen molar-refractivity contribution in [2.75, 3.05) is 0 Å². The van der Waals surface area contributed by atoms with Crippen LogP contribution in [-0.2, 0) is 5.88 Å². The van der Waals surface area contributed by atoms with Gasteiger partial charge in [-0.1, -0.05) is 0 Å². The van der Waals surface area contributed by atoms with E-state index in [9.17, 15) is 13.6 Å². The highest BCUT2D eigenvalue weighted by Crippen LogP contribution is 2.27. The average molecular weight is 246 g/mol. The molecule has 84 valence electrons. The second-order valence-corrected chi connectivity index (χ2v) is 3.22. The summed E-state index contributed by atoms with van der Waals surface area (Å²) < 4.78 is 25.1. The van der Waals surface area contributed by atoms with E-state index in [1.54, 1.807) is 6.07 Å². The Labute approximate surface area is 94.9 Å². The van der Waals surface area contributed by atoms with Crippen molar-refractivity contribution in [2.45, 2.75) is 12.3 Å². The second kappa shape index (κ2) is 4.90. The highest BCUT2D eigenvalue weighted by atomic mass is 35.5. The number of nitrogens with zero attached hydrogens (tertiary/aromatic N) is 1. The second-order valence-electron chi connectivity index (χ2n) is 2.95. The predicted molar refractivity (Wildman–Crippen MR) is 52.6 cm³/mol. The summed E-state index contributed by atoms with van der Waals surface area (Å²) in [5, 5.41) is 17.4. The minimum absolute atomic E-state index is 0.0678. The van der Waals surface area contributed by atoms with Crippen LogP contribution in [0.25, 0.3) is 0 Å². The molecule has 0 amide bonds. The molecule has 0 radical (unpaired) electrons. The summed E-state index contributed by atoms with van der Waals surface area (Å²) in [6, 6.07) is 3.51. The third-order valence-electron chi connectivity index (χ3n) is 2.01. The fourth-order valence-corrected chi connectivity index (χ4v) is 1.48. The van der Waals surface area contributed by atoms with Crippen molar-refractivity contribution in [1.82, 2.24) is 0 Å². The Kier molecular flexibility index (Phi) is 3.80. The maximum atomic E-state index is 12.6. The molecule has 0 atom stereocenters. The smallest absolute Gasteiger partial charge is 0.337 e. The topological polar surface area (TPSA) is 61.1 Å². The van der Waals surface area contributed by atoms with E-state index in [0.717, 1.165) is 12.1 Å². The number of hydrogen-bond acceptors (Lipinski definition) is 2. The van der Waals surface area contributed by atoms with Crippen LogP contribution >= 0.6 is 11.6 Å². The summed E-state index contributed by atoms with van der Waals surface area (Å²) in [6.07, 6.45) is -2.82. The molecule has 1 aromatic carbocycles. The van der Waals surface area contributed by atoms with E-state index in [0.29, 0.717) is 0 Å². The number of nitriles is 1. The number of aromatic carboxylic acids is 1. The third-order valence-corrected chi connectivity index (χ3v) is 2.30. The molecule has 3 nitrogen and oxygen atoms in total. The molecule has 1 aromatic rings. The molecule has 0 heterocycles. The zero-order valence-corrected chi connectivity index (χ0v) is 8.63. The molecule has 0 fully saturated rings. The molecular formula is C10H6ClF2NO2. The van der Waals surface area contributed by atoms with Crippen LogP contribution in [0.4, 0.5) is 8.78 Å². The molecule has 1 rings (SSSR count). The van der Waals surface area contributed by atoms with Crippen LogP contribution in [-0.4, -0.2) is 11.1 Å². The summed E-state index contributed by atoms with van der Waals surface area (Å²) in [5.41, 5.74) is -0.996. The van der Waals surface area contributed by atoms with Gasteiger partial charge in [0.2, 0.25) is 0 Å². The van der Waals surface area contributed by atoms with Crippen molar-refractivity contribution in [3.63, 3.8) is 0 Å². The lowest BCUT2D eigenvalue weighted by atomic mass is 10.00.